The molecule has 1 N–H and O–H groups in total. The van der Waals surface area contributed by atoms with Gasteiger partial charge in [0.2, 0.25) is 0 Å². The van der Waals surface area contributed by atoms with Crippen molar-refractivity contribution in [3.05, 3.63) is 74.3 Å². The van der Waals surface area contributed by atoms with Gasteiger partial charge >= 0.3 is 10.8 Å². The number of hydrogen-bond acceptors (Lipinski definition) is 6. The van der Waals surface area contributed by atoms with Gasteiger partial charge in [-0.3, -0.25) is 19.0 Å². The maximum atomic E-state index is 12.2. The van der Waals surface area contributed by atoms with Gasteiger partial charge < -0.3 is 14.8 Å². The van der Waals surface area contributed by atoms with Crippen molar-refractivity contribution in [1.82, 2.24) is 4.57 Å². The number of nitrogens with zero attached hydrogens (tertiary/aromatic N) is 1. The Bertz CT molecular complexity index is 1080. The third-order valence-electron chi connectivity index (χ3n) is 3.81. The lowest BCUT2D eigenvalue weighted by Gasteiger charge is -2.13. The number of carbonyl (C=O) groups is 2. The summed E-state index contributed by atoms with van der Waals surface area (Å²) in [6.45, 7) is 0.959. The Morgan fingerprint density at radius 3 is 2.62 bits per heavy atom. The Hall–Kier alpha value is -3.10. The van der Waals surface area contributed by atoms with E-state index in [-0.39, 0.29) is 11.4 Å². The van der Waals surface area contributed by atoms with Crippen molar-refractivity contribution in [2.75, 3.05) is 11.9 Å². The van der Waals surface area contributed by atoms with Gasteiger partial charge in [-0.1, -0.05) is 41.1 Å². The maximum absolute atomic E-state index is 12.2. The molecule has 1 aromatic heterocycles. The molecule has 0 fully saturated rings. The second kappa shape index (κ2) is 9.40. The number of aromatic nitrogens is 1. The summed E-state index contributed by atoms with van der Waals surface area (Å²) >= 11 is 7.01. The normalized spacial score (nSPS) is 10.4. The number of thiazole rings is 1. The Morgan fingerprint density at radius 1 is 1.17 bits per heavy atom. The Balaban J connectivity index is 1.61. The fourth-order valence-corrected chi connectivity index (χ4v) is 3.31. The third kappa shape index (κ3) is 5.69. The number of halogens is 1. The minimum absolute atomic E-state index is 0.249. The van der Waals surface area contributed by atoms with Crippen molar-refractivity contribution in [1.29, 1.82) is 0 Å². The van der Waals surface area contributed by atoms with E-state index in [2.05, 4.69) is 5.32 Å². The molecular formula is C20H17ClN2O5S. The molecular weight excluding hydrogens is 416 g/mol. The van der Waals surface area contributed by atoms with Crippen LogP contribution >= 0.6 is 22.9 Å². The number of amides is 1. The van der Waals surface area contributed by atoms with Crippen molar-refractivity contribution >= 4 is 40.5 Å². The number of hydrogen-bond donors (Lipinski definition) is 1. The van der Waals surface area contributed by atoms with Crippen LogP contribution in [0.2, 0.25) is 5.02 Å². The molecule has 0 aliphatic carbocycles. The van der Waals surface area contributed by atoms with Gasteiger partial charge in [0.1, 0.15) is 12.3 Å². The first-order valence-electron chi connectivity index (χ1n) is 8.55. The summed E-state index contributed by atoms with van der Waals surface area (Å²) in [6, 6.07) is 13.9. The van der Waals surface area contributed by atoms with Crippen LogP contribution < -0.4 is 14.9 Å². The zero-order valence-corrected chi connectivity index (χ0v) is 17.0. The molecule has 0 aliphatic heterocycles. The third-order valence-corrected chi connectivity index (χ3v) is 4.93. The van der Waals surface area contributed by atoms with Gasteiger partial charge in [-0.05, 0) is 37.3 Å². The van der Waals surface area contributed by atoms with Crippen molar-refractivity contribution in [3.63, 3.8) is 0 Å². The molecule has 0 spiro atoms. The number of para-hydroxylation sites is 1. The number of rotatable bonds is 7. The summed E-state index contributed by atoms with van der Waals surface area (Å²) < 4.78 is 12.0. The highest BCUT2D eigenvalue weighted by Gasteiger charge is 2.14. The van der Waals surface area contributed by atoms with Crippen LogP contribution in [0.25, 0.3) is 0 Å². The number of anilines is 1. The van der Waals surface area contributed by atoms with Crippen LogP contribution in [-0.2, 0) is 20.9 Å². The highest BCUT2D eigenvalue weighted by atomic mass is 35.5. The van der Waals surface area contributed by atoms with E-state index in [1.807, 2.05) is 18.2 Å². The molecule has 0 saturated carbocycles. The second-order valence-electron chi connectivity index (χ2n) is 5.99. The largest absolute Gasteiger partial charge is 0.455 e. The van der Waals surface area contributed by atoms with Crippen molar-refractivity contribution in [3.8, 4) is 11.5 Å². The van der Waals surface area contributed by atoms with E-state index < -0.39 is 18.5 Å². The highest BCUT2D eigenvalue weighted by Crippen LogP contribution is 2.31. The minimum atomic E-state index is -0.685. The van der Waals surface area contributed by atoms with Crippen molar-refractivity contribution < 1.29 is 19.1 Å². The van der Waals surface area contributed by atoms with Gasteiger partial charge in [0.25, 0.3) is 5.91 Å². The molecule has 9 heteroatoms. The lowest BCUT2D eigenvalue weighted by atomic mass is 10.2. The Labute approximate surface area is 175 Å². The predicted molar refractivity (Wildman–Crippen MR) is 111 cm³/mol. The first-order chi connectivity index (χ1) is 13.9. The predicted octanol–water partition coefficient (Wildman–Crippen LogP) is 3.85. The Kier molecular flexibility index (Phi) is 6.69. The van der Waals surface area contributed by atoms with E-state index in [0.717, 1.165) is 11.3 Å². The molecule has 7 nitrogen and oxygen atoms in total. The molecule has 2 aromatic carbocycles. The van der Waals surface area contributed by atoms with Gasteiger partial charge in [0, 0.05) is 16.1 Å². The van der Waals surface area contributed by atoms with E-state index >= 15 is 0 Å². The summed E-state index contributed by atoms with van der Waals surface area (Å²) in [6.07, 6.45) is 0. The molecule has 150 valence electrons. The van der Waals surface area contributed by atoms with Crippen LogP contribution in [0.3, 0.4) is 0 Å². The molecule has 0 saturated heterocycles. The van der Waals surface area contributed by atoms with Crippen LogP contribution in [0.1, 0.15) is 5.69 Å². The summed E-state index contributed by atoms with van der Waals surface area (Å²) in [5.41, 5.74) is 0.996. The van der Waals surface area contributed by atoms with Crippen LogP contribution in [0, 0.1) is 6.92 Å². The van der Waals surface area contributed by atoms with E-state index in [4.69, 9.17) is 21.1 Å². The summed E-state index contributed by atoms with van der Waals surface area (Å²) in [5.74, 6) is -0.266. The smallest absolute Gasteiger partial charge is 0.326 e. The average Bonchev–Trinajstić information content (AvgIpc) is 3.01. The molecule has 3 rings (SSSR count). The molecule has 0 unspecified atom stereocenters. The molecule has 1 amide bonds. The van der Waals surface area contributed by atoms with Crippen molar-refractivity contribution in [2.45, 2.75) is 13.5 Å². The lowest BCUT2D eigenvalue weighted by Crippen LogP contribution is -2.26. The van der Waals surface area contributed by atoms with E-state index in [0.29, 0.717) is 27.9 Å². The number of esters is 1. The molecule has 0 bridgehead atoms. The van der Waals surface area contributed by atoms with Gasteiger partial charge in [0.15, 0.2) is 12.4 Å². The van der Waals surface area contributed by atoms with Gasteiger partial charge in [-0.15, -0.1) is 0 Å². The Morgan fingerprint density at radius 2 is 1.93 bits per heavy atom. The molecule has 0 aliphatic rings. The van der Waals surface area contributed by atoms with Crippen LogP contribution in [0.4, 0.5) is 5.69 Å². The zero-order valence-electron chi connectivity index (χ0n) is 15.4. The fourth-order valence-electron chi connectivity index (χ4n) is 2.41. The maximum Gasteiger partial charge on any atom is 0.326 e. The van der Waals surface area contributed by atoms with E-state index in [9.17, 15) is 14.4 Å². The van der Waals surface area contributed by atoms with Crippen LogP contribution in [-0.4, -0.2) is 23.1 Å². The first kappa shape index (κ1) is 20.6. The van der Waals surface area contributed by atoms with Gasteiger partial charge in [-0.25, -0.2) is 0 Å². The fraction of sp³-hybridized carbons (Fsp3) is 0.150. The quantitative estimate of drug-likeness (QED) is 0.573. The molecule has 1 heterocycles. The molecule has 0 atom stereocenters. The first-order valence-corrected chi connectivity index (χ1v) is 9.81. The monoisotopic (exact) mass is 432 g/mol. The standard InChI is InChI=1S/C20H17ClN2O5S/c1-13-12-29-20(26)23(13)10-19(25)27-11-18(24)22-16-9-14(21)7-8-17(16)28-15-5-3-2-4-6-15/h2-9,12H,10-11H2,1H3,(H,22,24). The van der Waals surface area contributed by atoms with Gasteiger partial charge in [0.05, 0.1) is 5.69 Å². The number of carbonyl (C=O) groups excluding carboxylic acids is 2. The summed E-state index contributed by atoms with van der Waals surface area (Å²) in [7, 11) is 0. The molecule has 0 radical (unpaired) electrons. The second-order valence-corrected chi connectivity index (χ2v) is 7.25. The minimum Gasteiger partial charge on any atom is -0.455 e. The van der Waals surface area contributed by atoms with Gasteiger partial charge in [-0.2, -0.15) is 0 Å². The summed E-state index contributed by atoms with van der Waals surface area (Å²) in [4.78, 5) is 35.5. The summed E-state index contributed by atoms with van der Waals surface area (Å²) in [5, 5.41) is 4.67. The molecule has 3 aromatic rings. The SMILES string of the molecule is Cc1csc(=O)n1CC(=O)OCC(=O)Nc1cc(Cl)ccc1Oc1ccccc1. The van der Waals surface area contributed by atoms with Crippen molar-refractivity contribution in [2.24, 2.45) is 0 Å². The average molecular weight is 433 g/mol. The number of ether oxygens (including phenoxy) is 2. The molecule has 29 heavy (non-hydrogen) atoms. The number of nitrogens with one attached hydrogen (secondary N) is 1. The van der Waals surface area contributed by atoms with Crippen LogP contribution in [0.5, 0.6) is 11.5 Å². The van der Waals surface area contributed by atoms with E-state index in [1.54, 1.807) is 36.6 Å². The highest BCUT2D eigenvalue weighted by molar-refractivity contribution is 7.07. The topological polar surface area (TPSA) is 86.6 Å². The van der Waals surface area contributed by atoms with Crippen LogP contribution in [0.15, 0.2) is 58.7 Å². The number of benzene rings is 2. The zero-order chi connectivity index (χ0) is 20.8. The van der Waals surface area contributed by atoms with E-state index in [1.165, 1.54) is 10.6 Å². The lowest BCUT2D eigenvalue weighted by molar-refractivity contribution is -0.147. The number of aryl methyl sites for hydroxylation is 1.